The quantitative estimate of drug-likeness (QED) is 0.540. The Bertz CT molecular complexity index is 931. The number of rotatable bonds is 6. The molecule has 0 radical (unpaired) electrons. The minimum Gasteiger partial charge on any atom is -0.358 e. The number of hydrogen-bond acceptors (Lipinski definition) is 5. The molecule has 134 valence electrons. The Hall–Kier alpha value is -3.49. The number of anilines is 1. The summed E-state index contributed by atoms with van der Waals surface area (Å²) < 4.78 is 3.06. The van der Waals surface area contributed by atoms with Crippen LogP contribution in [0.25, 0.3) is 0 Å². The monoisotopic (exact) mass is 354 g/mol. The van der Waals surface area contributed by atoms with E-state index < -0.39 is 11.0 Å². The largest absolute Gasteiger partial charge is 0.390 e. The summed E-state index contributed by atoms with van der Waals surface area (Å²) in [6.07, 6.45) is 3.29. The average molecular weight is 354 g/mol. The van der Waals surface area contributed by atoms with Crippen molar-refractivity contribution >= 4 is 17.4 Å². The van der Waals surface area contributed by atoms with Crippen molar-refractivity contribution in [2.75, 3.05) is 5.32 Å². The van der Waals surface area contributed by atoms with Gasteiger partial charge < -0.3 is 15.4 Å². The maximum absolute atomic E-state index is 12.4. The molecule has 1 atom stereocenters. The Kier molecular flexibility index (Phi) is 4.78. The first kappa shape index (κ1) is 17.3. The molecule has 26 heavy (non-hydrogen) atoms. The molecule has 0 saturated carbocycles. The maximum atomic E-state index is 12.4. The second-order valence-electron chi connectivity index (χ2n) is 5.92. The summed E-state index contributed by atoms with van der Waals surface area (Å²) in [5.74, 6) is -0.608. The van der Waals surface area contributed by atoms with Crippen molar-refractivity contribution in [2.45, 2.75) is 26.4 Å². The van der Waals surface area contributed by atoms with Gasteiger partial charge in [-0.1, -0.05) is 30.3 Å². The molecule has 1 amide bonds. The van der Waals surface area contributed by atoms with Crippen molar-refractivity contribution in [2.24, 2.45) is 0 Å². The molecule has 3 rings (SSSR count). The van der Waals surface area contributed by atoms with Crippen LogP contribution in [0.15, 0.2) is 48.8 Å². The van der Waals surface area contributed by atoms with Gasteiger partial charge >= 0.3 is 5.82 Å². The number of aromatic nitrogens is 4. The summed E-state index contributed by atoms with van der Waals surface area (Å²) in [5, 5.41) is 21.7. The topological polar surface area (TPSA) is 108 Å². The smallest absolute Gasteiger partial charge is 0.358 e. The predicted octanol–water partition coefficient (Wildman–Crippen LogP) is 2.54. The lowest BCUT2D eigenvalue weighted by Gasteiger charge is -2.10. The molecule has 0 spiro atoms. The Morgan fingerprint density at radius 2 is 2.08 bits per heavy atom. The van der Waals surface area contributed by atoms with Gasteiger partial charge in [-0.3, -0.25) is 9.48 Å². The first-order chi connectivity index (χ1) is 12.4. The molecule has 0 aliphatic heterocycles. The molecule has 0 fully saturated rings. The van der Waals surface area contributed by atoms with Crippen LogP contribution in [0.3, 0.4) is 0 Å². The van der Waals surface area contributed by atoms with Gasteiger partial charge in [-0.2, -0.15) is 9.78 Å². The summed E-state index contributed by atoms with van der Waals surface area (Å²) in [6, 6.07) is 10.5. The van der Waals surface area contributed by atoms with Gasteiger partial charge in [-0.25, -0.2) is 0 Å². The van der Waals surface area contributed by atoms with Crippen molar-refractivity contribution in [1.82, 2.24) is 19.6 Å². The predicted molar refractivity (Wildman–Crippen MR) is 94.7 cm³/mol. The third-order valence-corrected chi connectivity index (χ3v) is 3.93. The minimum atomic E-state index is -0.693. The minimum absolute atomic E-state index is 0.280. The van der Waals surface area contributed by atoms with Gasteiger partial charge in [0.2, 0.25) is 0 Å². The molecule has 0 saturated heterocycles. The summed E-state index contributed by atoms with van der Waals surface area (Å²) in [6.45, 7) is 3.89. The molecule has 0 bridgehead atoms. The SMILES string of the molecule is Cc1cc([N+](=O)[O-])nn1C(C)C(=O)Nc1cnn(Cc2ccccc2)c1. The van der Waals surface area contributed by atoms with Crippen LogP contribution in [0.2, 0.25) is 0 Å². The molecule has 0 aliphatic rings. The fourth-order valence-electron chi connectivity index (χ4n) is 2.60. The van der Waals surface area contributed by atoms with E-state index in [4.69, 9.17) is 0 Å². The lowest BCUT2D eigenvalue weighted by molar-refractivity contribution is -0.389. The zero-order valence-corrected chi connectivity index (χ0v) is 14.4. The maximum Gasteiger partial charge on any atom is 0.390 e. The van der Waals surface area contributed by atoms with E-state index in [1.54, 1.807) is 30.9 Å². The highest BCUT2D eigenvalue weighted by Gasteiger charge is 2.24. The highest BCUT2D eigenvalue weighted by atomic mass is 16.6. The zero-order valence-electron chi connectivity index (χ0n) is 14.4. The average Bonchev–Trinajstić information content (AvgIpc) is 3.21. The lowest BCUT2D eigenvalue weighted by Crippen LogP contribution is -2.25. The summed E-state index contributed by atoms with van der Waals surface area (Å²) in [5.41, 5.74) is 2.19. The van der Waals surface area contributed by atoms with E-state index in [0.717, 1.165) is 5.56 Å². The Morgan fingerprint density at radius 1 is 1.35 bits per heavy atom. The Morgan fingerprint density at radius 3 is 2.73 bits per heavy atom. The van der Waals surface area contributed by atoms with E-state index in [9.17, 15) is 14.9 Å². The highest BCUT2D eigenvalue weighted by molar-refractivity contribution is 5.93. The number of hydrogen-bond donors (Lipinski definition) is 1. The van der Waals surface area contributed by atoms with E-state index in [2.05, 4.69) is 15.5 Å². The first-order valence-electron chi connectivity index (χ1n) is 8.02. The number of amides is 1. The van der Waals surface area contributed by atoms with Crippen LogP contribution in [0.1, 0.15) is 24.2 Å². The molecule has 1 unspecified atom stereocenters. The van der Waals surface area contributed by atoms with E-state index in [-0.39, 0.29) is 11.7 Å². The van der Waals surface area contributed by atoms with Crippen molar-refractivity contribution in [3.63, 3.8) is 0 Å². The van der Waals surface area contributed by atoms with Gasteiger partial charge in [-0.15, -0.1) is 0 Å². The van der Waals surface area contributed by atoms with Gasteiger partial charge in [0.15, 0.2) is 0 Å². The third-order valence-electron chi connectivity index (χ3n) is 3.93. The Labute approximate surface area is 149 Å². The fraction of sp³-hybridized carbons (Fsp3) is 0.235. The normalized spacial score (nSPS) is 11.9. The summed E-state index contributed by atoms with van der Waals surface area (Å²) in [4.78, 5) is 22.7. The number of benzene rings is 1. The van der Waals surface area contributed by atoms with Crippen LogP contribution < -0.4 is 5.32 Å². The van der Waals surface area contributed by atoms with Gasteiger partial charge in [0.25, 0.3) is 5.91 Å². The Balaban J connectivity index is 1.67. The van der Waals surface area contributed by atoms with Crippen molar-refractivity contribution in [3.8, 4) is 0 Å². The van der Waals surface area contributed by atoms with E-state index in [1.165, 1.54) is 10.7 Å². The second-order valence-corrected chi connectivity index (χ2v) is 5.92. The van der Waals surface area contributed by atoms with Crippen molar-refractivity contribution in [1.29, 1.82) is 0 Å². The molecule has 9 heteroatoms. The number of carbonyl (C=O) groups excluding carboxylic acids is 1. The molecule has 9 nitrogen and oxygen atoms in total. The van der Waals surface area contributed by atoms with Crippen LogP contribution in [-0.4, -0.2) is 30.4 Å². The zero-order chi connectivity index (χ0) is 18.7. The molecule has 1 N–H and O–H groups in total. The number of nitrogens with one attached hydrogen (secondary N) is 1. The molecular formula is C17H18N6O3. The number of carbonyl (C=O) groups is 1. The van der Waals surface area contributed by atoms with Crippen LogP contribution in [0.4, 0.5) is 11.5 Å². The molecule has 1 aromatic carbocycles. The van der Waals surface area contributed by atoms with E-state index in [1.807, 2.05) is 30.3 Å². The summed E-state index contributed by atoms with van der Waals surface area (Å²) in [7, 11) is 0. The summed E-state index contributed by atoms with van der Waals surface area (Å²) >= 11 is 0. The molecular weight excluding hydrogens is 336 g/mol. The lowest BCUT2D eigenvalue weighted by atomic mass is 10.2. The van der Waals surface area contributed by atoms with Crippen LogP contribution >= 0.6 is 0 Å². The number of aryl methyl sites for hydroxylation is 1. The number of nitro groups is 1. The highest BCUT2D eigenvalue weighted by Crippen LogP contribution is 2.18. The molecule has 0 aliphatic carbocycles. The van der Waals surface area contributed by atoms with Gasteiger partial charge in [0, 0.05) is 6.20 Å². The van der Waals surface area contributed by atoms with Gasteiger partial charge in [-0.05, 0) is 24.3 Å². The van der Waals surface area contributed by atoms with Crippen molar-refractivity contribution in [3.05, 3.63) is 70.2 Å². The third kappa shape index (κ3) is 3.77. The van der Waals surface area contributed by atoms with Crippen LogP contribution in [-0.2, 0) is 11.3 Å². The first-order valence-corrected chi connectivity index (χ1v) is 8.02. The second kappa shape index (κ2) is 7.18. The van der Waals surface area contributed by atoms with Gasteiger partial charge in [0.1, 0.15) is 6.04 Å². The van der Waals surface area contributed by atoms with E-state index in [0.29, 0.717) is 17.9 Å². The molecule has 3 aromatic rings. The van der Waals surface area contributed by atoms with Gasteiger partial charge in [0.05, 0.1) is 35.3 Å². The molecule has 2 aromatic heterocycles. The van der Waals surface area contributed by atoms with Crippen LogP contribution in [0, 0.1) is 17.0 Å². The van der Waals surface area contributed by atoms with Crippen molar-refractivity contribution < 1.29 is 9.72 Å². The standard InChI is InChI=1S/C17H18N6O3/c1-12-8-16(23(25)26)20-22(12)13(2)17(24)19-15-9-18-21(11-15)10-14-6-4-3-5-7-14/h3-9,11,13H,10H2,1-2H3,(H,19,24). The molecule has 2 heterocycles. The van der Waals surface area contributed by atoms with E-state index >= 15 is 0 Å². The van der Waals surface area contributed by atoms with Crippen LogP contribution in [0.5, 0.6) is 0 Å². The number of nitrogens with zero attached hydrogens (tertiary/aromatic N) is 5. The fourth-order valence-corrected chi connectivity index (χ4v) is 2.60.